The van der Waals surface area contributed by atoms with Crippen molar-refractivity contribution in [1.82, 2.24) is 19.5 Å². The molecule has 0 unspecified atom stereocenters. The molecule has 0 atom stereocenters. The van der Waals surface area contributed by atoms with Crippen LogP contribution >= 0.6 is 11.3 Å². The minimum atomic E-state index is 0.817. The third kappa shape index (κ3) is 3.10. The Bertz CT molecular complexity index is 987. The van der Waals surface area contributed by atoms with E-state index in [1.165, 1.54) is 22.5 Å². The molecule has 124 valence electrons. The Morgan fingerprint density at radius 3 is 2.64 bits per heavy atom. The highest BCUT2D eigenvalue weighted by Gasteiger charge is 2.15. The summed E-state index contributed by atoms with van der Waals surface area (Å²) in [6.45, 7) is 5.18. The van der Waals surface area contributed by atoms with Crippen LogP contribution in [0, 0.1) is 13.8 Å². The lowest BCUT2D eigenvalue weighted by atomic mass is 10.2. The van der Waals surface area contributed by atoms with Crippen molar-refractivity contribution in [2.24, 2.45) is 0 Å². The maximum atomic E-state index is 4.78. The van der Waals surface area contributed by atoms with E-state index in [2.05, 4.69) is 64.1 Å². The zero-order valence-electron chi connectivity index (χ0n) is 14.2. The van der Waals surface area contributed by atoms with Gasteiger partial charge in [-0.2, -0.15) is 0 Å². The first kappa shape index (κ1) is 15.7. The van der Waals surface area contributed by atoms with Crippen LogP contribution < -0.4 is 0 Å². The van der Waals surface area contributed by atoms with Gasteiger partial charge in [0.2, 0.25) is 0 Å². The highest BCUT2D eigenvalue weighted by atomic mass is 32.1. The van der Waals surface area contributed by atoms with E-state index < -0.39 is 0 Å². The largest absolute Gasteiger partial charge is 0.344 e. The van der Waals surface area contributed by atoms with Crippen molar-refractivity contribution >= 4 is 11.3 Å². The molecule has 0 saturated heterocycles. The predicted molar refractivity (Wildman–Crippen MR) is 102 cm³/mol. The first-order valence-electron chi connectivity index (χ1n) is 8.15. The Kier molecular flexibility index (Phi) is 4.15. The number of thiazole rings is 1. The molecule has 0 spiro atoms. The van der Waals surface area contributed by atoms with Gasteiger partial charge in [-0.15, -0.1) is 11.3 Å². The normalized spacial score (nSPS) is 11.0. The Labute approximate surface area is 150 Å². The average Bonchev–Trinajstić information content (AvgIpc) is 3.24. The van der Waals surface area contributed by atoms with Gasteiger partial charge in [0.15, 0.2) is 0 Å². The van der Waals surface area contributed by atoms with Crippen LogP contribution in [0.2, 0.25) is 0 Å². The van der Waals surface area contributed by atoms with Crippen molar-refractivity contribution in [2.45, 2.75) is 20.4 Å². The van der Waals surface area contributed by atoms with Crippen LogP contribution in [-0.2, 0) is 6.54 Å². The summed E-state index contributed by atoms with van der Waals surface area (Å²) in [5.41, 5.74) is 6.77. The molecule has 0 amide bonds. The van der Waals surface area contributed by atoms with E-state index in [4.69, 9.17) is 4.98 Å². The molecule has 4 nitrogen and oxygen atoms in total. The lowest BCUT2D eigenvalue weighted by molar-refractivity contribution is 0.750. The summed E-state index contributed by atoms with van der Waals surface area (Å²) in [5, 5.41) is 2.99. The molecular formula is C20H18N4S. The molecule has 0 radical (unpaired) electrons. The van der Waals surface area contributed by atoms with E-state index in [-0.39, 0.29) is 0 Å². The SMILES string of the molecule is Cc1cc(-c2csc(-c3cnccn3)n2)c(C)n1Cc1ccccc1. The number of aromatic nitrogens is 4. The fraction of sp³-hybridized carbons (Fsp3) is 0.150. The summed E-state index contributed by atoms with van der Waals surface area (Å²) in [6, 6.07) is 12.7. The van der Waals surface area contributed by atoms with E-state index >= 15 is 0 Å². The summed E-state index contributed by atoms with van der Waals surface area (Å²) >= 11 is 1.60. The third-order valence-electron chi connectivity index (χ3n) is 4.32. The quantitative estimate of drug-likeness (QED) is 0.536. The molecule has 25 heavy (non-hydrogen) atoms. The number of rotatable bonds is 4. The molecule has 4 rings (SSSR count). The fourth-order valence-electron chi connectivity index (χ4n) is 2.99. The minimum Gasteiger partial charge on any atom is -0.344 e. The second-order valence-corrected chi connectivity index (χ2v) is 6.84. The fourth-order valence-corrected chi connectivity index (χ4v) is 3.77. The molecule has 4 aromatic rings. The van der Waals surface area contributed by atoms with Crippen molar-refractivity contribution in [3.8, 4) is 22.0 Å². The molecule has 0 bridgehead atoms. The van der Waals surface area contributed by atoms with Gasteiger partial charge in [0.25, 0.3) is 0 Å². The topological polar surface area (TPSA) is 43.6 Å². The number of hydrogen-bond donors (Lipinski definition) is 0. The highest BCUT2D eigenvalue weighted by molar-refractivity contribution is 7.13. The second-order valence-electron chi connectivity index (χ2n) is 5.99. The van der Waals surface area contributed by atoms with E-state index in [0.717, 1.165) is 22.9 Å². The van der Waals surface area contributed by atoms with Crippen LogP contribution in [0.25, 0.3) is 22.0 Å². The van der Waals surface area contributed by atoms with Gasteiger partial charge in [-0.05, 0) is 25.5 Å². The monoisotopic (exact) mass is 346 g/mol. The van der Waals surface area contributed by atoms with Crippen molar-refractivity contribution in [1.29, 1.82) is 0 Å². The van der Waals surface area contributed by atoms with E-state index in [1.807, 2.05) is 6.07 Å². The molecule has 1 aromatic carbocycles. The molecule has 0 fully saturated rings. The van der Waals surface area contributed by atoms with Crippen LogP contribution in [0.5, 0.6) is 0 Å². The van der Waals surface area contributed by atoms with Crippen molar-refractivity contribution in [3.05, 3.63) is 77.3 Å². The third-order valence-corrected chi connectivity index (χ3v) is 5.18. The van der Waals surface area contributed by atoms with Gasteiger partial charge in [0.1, 0.15) is 10.7 Å². The van der Waals surface area contributed by atoms with E-state index in [0.29, 0.717) is 0 Å². The Hall–Kier alpha value is -2.79. The number of benzene rings is 1. The lowest BCUT2D eigenvalue weighted by Crippen LogP contribution is -2.03. The lowest BCUT2D eigenvalue weighted by Gasteiger charge is -2.09. The summed E-state index contributed by atoms with van der Waals surface area (Å²) in [6.07, 6.45) is 5.12. The average molecular weight is 346 g/mol. The van der Waals surface area contributed by atoms with Gasteiger partial charge in [-0.3, -0.25) is 9.97 Å². The summed E-state index contributed by atoms with van der Waals surface area (Å²) < 4.78 is 2.34. The zero-order valence-corrected chi connectivity index (χ0v) is 15.0. The molecule has 5 heteroatoms. The predicted octanol–water partition coefficient (Wildman–Crippen LogP) is 4.73. The Morgan fingerprint density at radius 2 is 1.88 bits per heavy atom. The van der Waals surface area contributed by atoms with Crippen molar-refractivity contribution < 1.29 is 0 Å². The van der Waals surface area contributed by atoms with Gasteiger partial charge in [-0.25, -0.2) is 4.98 Å². The van der Waals surface area contributed by atoms with E-state index in [1.54, 1.807) is 29.9 Å². The summed E-state index contributed by atoms with van der Waals surface area (Å²) in [7, 11) is 0. The van der Waals surface area contributed by atoms with Gasteiger partial charge < -0.3 is 4.57 Å². The molecule has 0 saturated carbocycles. The molecular weight excluding hydrogens is 328 g/mol. The van der Waals surface area contributed by atoms with Crippen LogP contribution in [-0.4, -0.2) is 19.5 Å². The van der Waals surface area contributed by atoms with Gasteiger partial charge >= 0.3 is 0 Å². The Balaban J connectivity index is 1.68. The van der Waals surface area contributed by atoms with Gasteiger partial charge in [0.05, 0.1) is 11.9 Å². The number of hydrogen-bond acceptors (Lipinski definition) is 4. The van der Waals surface area contributed by atoms with Crippen molar-refractivity contribution in [2.75, 3.05) is 0 Å². The van der Waals surface area contributed by atoms with Crippen LogP contribution in [0.4, 0.5) is 0 Å². The maximum absolute atomic E-state index is 4.78. The van der Waals surface area contributed by atoms with Crippen LogP contribution in [0.3, 0.4) is 0 Å². The number of nitrogens with zero attached hydrogens (tertiary/aromatic N) is 4. The molecule has 0 aliphatic carbocycles. The molecule has 0 aliphatic heterocycles. The van der Waals surface area contributed by atoms with Crippen LogP contribution in [0.15, 0.2) is 60.4 Å². The first-order valence-corrected chi connectivity index (χ1v) is 9.03. The first-order chi connectivity index (χ1) is 12.2. The maximum Gasteiger partial charge on any atom is 0.144 e. The highest BCUT2D eigenvalue weighted by Crippen LogP contribution is 2.31. The Morgan fingerprint density at radius 1 is 1.04 bits per heavy atom. The second kappa shape index (κ2) is 6.61. The standard InChI is InChI=1S/C20H18N4S/c1-14-10-17(15(2)24(14)12-16-6-4-3-5-7-16)19-13-25-20(23-19)18-11-21-8-9-22-18/h3-11,13H,12H2,1-2H3. The van der Waals surface area contributed by atoms with Crippen LogP contribution in [0.1, 0.15) is 17.0 Å². The molecule has 0 aliphatic rings. The van der Waals surface area contributed by atoms with Gasteiger partial charge in [-0.1, -0.05) is 30.3 Å². The molecule has 0 N–H and O–H groups in total. The molecule has 3 heterocycles. The summed E-state index contributed by atoms with van der Waals surface area (Å²) in [5.74, 6) is 0. The van der Waals surface area contributed by atoms with E-state index in [9.17, 15) is 0 Å². The smallest absolute Gasteiger partial charge is 0.144 e. The number of aryl methyl sites for hydroxylation is 1. The molecule has 3 aromatic heterocycles. The van der Waals surface area contributed by atoms with Crippen molar-refractivity contribution in [3.63, 3.8) is 0 Å². The summed E-state index contributed by atoms with van der Waals surface area (Å²) in [4.78, 5) is 13.2. The minimum absolute atomic E-state index is 0.817. The van der Waals surface area contributed by atoms with Gasteiger partial charge in [0, 0.05) is 41.3 Å². The zero-order chi connectivity index (χ0) is 17.2.